The monoisotopic (exact) mass is 128 g/mol. The fraction of sp³-hybridized carbons (Fsp3) is 1.00. The van der Waals surface area contributed by atoms with Gasteiger partial charge in [-0.15, -0.1) is 0 Å². The summed E-state index contributed by atoms with van der Waals surface area (Å²) in [4.78, 5) is 0. The van der Waals surface area contributed by atoms with E-state index in [1.54, 1.807) is 0 Å². The van der Waals surface area contributed by atoms with Crippen molar-refractivity contribution in [3.05, 3.63) is 0 Å². The van der Waals surface area contributed by atoms with Crippen LogP contribution in [0.2, 0.25) is 0 Å². The van der Waals surface area contributed by atoms with E-state index in [1.807, 2.05) is 0 Å². The molecule has 3 atom stereocenters. The zero-order valence-corrected chi connectivity index (χ0v) is 6.22. The third kappa shape index (κ3) is 1.43. The molecule has 1 rings (SSSR count). The first-order valence-corrected chi connectivity index (χ1v) is 3.71. The average Bonchev–Trinajstić information content (AvgIpc) is 2.39. The first-order chi connectivity index (χ1) is 4.27. The van der Waals surface area contributed by atoms with Gasteiger partial charge in [-0.3, -0.25) is 11.3 Å². The van der Waals surface area contributed by atoms with Gasteiger partial charge in [-0.25, -0.2) is 0 Å². The zero-order valence-electron chi connectivity index (χ0n) is 6.22. The lowest BCUT2D eigenvalue weighted by Crippen LogP contribution is -2.23. The summed E-state index contributed by atoms with van der Waals surface area (Å²) < 4.78 is 0. The SMILES string of the molecule is CC1C(CCNN)[C@@H]1C. The summed E-state index contributed by atoms with van der Waals surface area (Å²) in [6.45, 7) is 5.59. The highest BCUT2D eigenvalue weighted by atomic mass is 15.2. The maximum absolute atomic E-state index is 5.15. The lowest BCUT2D eigenvalue weighted by Gasteiger charge is -1.94. The first kappa shape index (κ1) is 7.03. The minimum atomic E-state index is 0.943. The molecule has 0 amide bonds. The Balaban J connectivity index is 2.04. The van der Waals surface area contributed by atoms with Crippen LogP contribution in [0.25, 0.3) is 0 Å². The molecular weight excluding hydrogens is 112 g/mol. The Hall–Kier alpha value is -0.0800. The quantitative estimate of drug-likeness (QED) is 0.434. The standard InChI is InChI=1S/C7H16N2/c1-5-6(2)7(5)3-4-9-8/h5-7,9H,3-4,8H2,1-2H3/t5-,6?,7?/m1/s1. The second-order valence-electron chi connectivity index (χ2n) is 3.12. The molecule has 9 heavy (non-hydrogen) atoms. The Morgan fingerprint density at radius 1 is 1.33 bits per heavy atom. The molecule has 54 valence electrons. The van der Waals surface area contributed by atoms with E-state index in [-0.39, 0.29) is 0 Å². The van der Waals surface area contributed by atoms with Crippen molar-refractivity contribution in [2.24, 2.45) is 23.6 Å². The molecule has 2 nitrogen and oxygen atoms in total. The molecule has 1 aliphatic carbocycles. The van der Waals surface area contributed by atoms with Gasteiger partial charge in [0.05, 0.1) is 0 Å². The number of hydrogen-bond donors (Lipinski definition) is 2. The van der Waals surface area contributed by atoms with E-state index in [0.717, 1.165) is 24.3 Å². The van der Waals surface area contributed by atoms with Gasteiger partial charge in [-0.1, -0.05) is 13.8 Å². The van der Waals surface area contributed by atoms with Crippen LogP contribution in [0.15, 0.2) is 0 Å². The van der Waals surface area contributed by atoms with E-state index in [1.165, 1.54) is 6.42 Å². The highest BCUT2D eigenvalue weighted by molar-refractivity contribution is 4.90. The smallest absolute Gasteiger partial charge is 0.0100 e. The lowest BCUT2D eigenvalue weighted by atomic mass is 10.2. The maximum atomic E-state index is 5.15. The largest absolute Gasteiger partial charge is 0.271 e. The van der Waals surface area contributed by atoms with Crippen LogP contribution in [0.3, 0.4) is 0 Å². The molecule has 0 spiro atoms. The Morgan fingerprint density at radius 3 is 2.22 bits per heavy atom. The van der Waals surface area contributed by atoms with E-state index >= 15 is 0 Å². The Kier molecular flexibility index (Phi) is 2.09. The molecule has 3 N–H and O–H groups in total. The fourth-order valence-electron chi connectivity index (χ4n) is 1.54. The van der Waals surface area contributed by atoms with Crippen LogP contribution in [0.5, 0.6) is 0 Å². The topological polar surface area (TPSA) is 38.0 Å². The zero-order chi connectivity index (χ0) is 6.85. The van der Waals surface area contributed by atoms with Crippen molar-refractivity contribution in [2.75, 3.05) is 6.54 Å². The van der Waals surface area contributed by atoms with Crippen molar-refractivity contribution in [1.82, 2.24) is 5.43 Å². The van der Waals surface area contributed by atoms with Gasteiger partial charge in [0.1, 0.15) is 0 Å². The minimum absolute atomic E-state index is 0.943. The second kappa shape index (κ2) is 2.67. The second-order valence-corrected chi connectivity index (χ2v) is 3.12. The van der Waals surface area contributed by atoms with Crippen LogP contribution in [-0.4, -0.2) is 6.54 Å². The summed E-state index contributed by atoms with van der Waals surface area (Å²) in [5, 5.41) is 0. The lowest BCUT2D eigenvalue weighted by molar-refractivity contribution is 0.596. The molecule has 0 saturated heterocycles. The number of hydrogen-bond acceptors (Lipinski definition) is 2. The van der Waals surface area contributed by atoms with Crippen molar-refractivity contribution in [3.63, 3.8) is 0 Å². The van der Waals surface area contributed by atoms with Gasteiger partial charge in [-0.05, 0) is 24.2 Å². The van der Waals surface area contributed by atoms with Crippen molar-refractivity contribution < 1.29 is 0 Å². The first-order valence-electron chi connectivity index (χ1n) is 3.71. The van der Waals surface area contributed by atoms with Gasteiger partial charge in [0.15, 0.2) is 0 Å². The van der Waals surface area contributed by atoms with Crippen LogP contribution >= 0.6 is 0 Å². The van der Waals surface area contributed by atoms with E-state index < -0.39 is 0 Å². The van der Waals surface area contributed by atoms with E-state index in [4.69, 9.17) is 5.84 Å². The number of nitrogens with one attached hydrogen (secondary N) is 1. The third-order valence-electron chi connectivity index (χ3n) is 2.66. The van der Waals surface area contributed by atoms with Crippen LogP contribution < -0.4 is 11.3 Å². The van der Waals surface area contributed by atoms with Crippen LogP contribution in [-0.2, 0) is 0 Å². The van der Waals surface area contributed by atoms with Gasteiger partial charge < -0.3 is 0 Å². The predicted octanol–water partition coefficient (Wildman–Crippen LogP) is 0.742. The fourth-order valence-corrected chi connectivity index (χ4v) is 1.54. The van der Waals surface area contributed by atoms with Gasteiger partial charge in [0, 0.05) is 6.54 Å². The average molecular weight is 128 g/mol. The Morgan fingerprint density at radius 2 is 1.89 bits per heavy atom. The summed E-state index contributed by atoms with van der Waals surface area (Å²) in [5.41, 5.74) is 2.68. The summed E-state index contributed by atoms with van der Waals surface area (Å²) in [5.74, 6) is 7.98. The summed E-state index contributed by atoms with van der Waals surface area (Å²) in [6, 6.07) is 0. The summed E-state index contributed by atoms with van der Waals surface area (Å²) in [7, 11) is 0. The minimum Gasteiger partial charge on any atom is -0.271 e. The Bertz CT molecular complexity index is 84.9. The Labute approximate surface area is 56.8 Å². The molecule has 0 aromatic carbocycles. The maximum Gasteiger partial charge on any atom is 0.0100 e. The van der Waals surface area contributed by atoms with Crippen molar-refractivity contribution >= 4 is 0 Å². The highest BCUT2D eigenvalue weighted by Gasteiger charge is 2.41. The molecule has 0 aromatic rings. The summed E-state index contributed by atoms with van der Waals surface area (Å²) >= 11 is 0. The molecule has 0 aliphatic heterocycles. The van der Waals surface area contributed by atoms with Crippen molar-refractivity contribution in [2.45, 2.75) is 20.3 Å². The molecule has 1 fully saturated rings. The van der Waals surface area contributed by atoms with Gasteiger partial charge >= 0.3 is 0 Å². The molecule has 2 heteroatoms. The van der Waals surface area contributed by atoms with Crippen LogP contribution in [0, 0.1) is 17.8 Å². The molecule has 0 radical (unpaired) electrons. The van der Waals surface area contributed by atoms with E-state index in [9.17, 15) is 0 Å². The number of hydrazine groups is 1. The molecule has 1 saturated carbocycles. The van der Waals surface area contributed by atoms with Gasteiger partial charge in [0.2, 0.25) is 0 Å². The molecular formula is C7H16N2. The van der Waals surface area contributed by atoms with Gasteiger partial charge in [-0.2, -0.15) is 0 Å². The van der Waals surface area contributed by atoms with E-state index in [2.05, 4.69) is 19.3 Å². The van der Waals surface area contributed by atoms with E-state index in [0.29, 0.717) is 0 Å². The molecule has 0 bridgehead atoms. The number of nitrogens with two attached hydrogens (primary N) is 1. The van der Waals surface area contributed by atoms with Crippen molar-refractivity contribution in [3.8, 4) is 0 Å². The molecule has 2 unspecified atom stereocenters. The molecule has 0 heterocycles. The summed E-state index contributed by atoms with van der Waals surface area (Å²) in [6.07, 6.45) is 1.25. The molecule has 0 aromatic heterocycles. The van der Waals surface area contributed by atoms with Crippen LogP contribution in [0.1, 0.15) is 20.3 Å². The number of rotatable bonds is 3. The third-order valence-corrected chi connectivity index (χ3v) is 2.66. The normalized spacial score (nSPS) is 41.0. The highest BCUT2D eigenvalue weighted by Crippen LogP contribution is 2.47. The van der Waals surface area contributed by atoms with Gasteiger partial charge in [0.25, 0.3) is 0 Å². The predicted molar refractivity (Wildman–Crippen MR) is 38.6 cm³/mol. The molecule has 1 aliphatic rings. The van der Waals surface area contributed by atoms with Crippen molar-refractivity contribution in [1.29, 1.82) is 0 Å². The van der Waals surface area contributed by atoms with Crippen LogP contribution in [0.4, 0.5) is 0 Å².